The van der Waals surface area contributed by atoms with E-state index in [0.717, 1.165) is 32.6 Å². The Hall–Kier alpha value is -2.26. The first-order valence-electron chi connectivity index (χ1n) is 7.04. The molecule has 0 atom stereocenters. The van der Waals surface area contributed by atoms with Crippen molar-refractivity contribution < 1.29 is 4.74 Å². The molecule has 0 saturated carbocycles. The minimum Gasteiger partial charge on any atom is -0.488 e. The van der Waals surface area contributed by atoms with Crippen LogP contribution in [-0.4, -0.2) is 0 Å². The summed E-state index contributed by atoms with van der Waals surface area (Å²) in [5, 5.41) is 0. The molecule has 0 fully saturated rings. The lowest BCUT2D eigenvalue weighted by Crippen LogP contribution is -1.97. The Labute approximate surface area is 138 Å². The Morgan fingerprint density at radius 1 is 0.864 bits per heavy atom. The van der Waals surface area contributed by atoms with Gasteiger partial charge in [-0.1, -0.05) is 64.5 Å². The molecule has 3 aromatic carbocycles. The Bertz CT molecular complexity index is 751. The fourth-order valence-electron chi connectivity index (χ4n) is 2.33. The highest BCUT2D eigenvalue weighted by Gasteiger charge is 2.07. The summed E-state index contributed by atoms with van der Waals surface area (Å²) >= 11 is 3.49. The SMILES string of the molecule is Nc1cc(Br)cc(-c2ccccc2OCc2ccccc2)c1. The molecule has 0 aliphatic carbocycles. The van der Waals surface area contributed by atoms with E-state index in [-0.39, 0.29) is 0 Å². The van der Waals surface area contributed by atoms with Crippen molar-refractivity contribution in [3.8, 4) is 16.9 Å². The van der Waals surface area contributed by atoms with Crippen LogP contribution in [0.3, 0.4) is 0 Å². The molecule has 0 aromatic heterocycles. The van der Waals surface area contributed by atoms with Crippen LogP contribution in [0.1, 0.15) is 5.56 Å². The van der Waals surface area contributed by atoms with Gasteiger partial charge in [-0.25, -0.2) is 0 Å². The van der Waals surface area contributed by atoms with Crippen molar-refractivity contribution in [2.45, 2.75) is 6.61 Å². The average Bonchev–Trinajstić information content (AvgIpc) is 2.53. The second kappa shape index (κ2) is 6.67. The number of ether oxygens (including phenoxy) is 1. The topological polar surface area (TPSA) is 35.2 Å². The molecule has 3 rings (SSSR count). The quantitative estimate of drug-likeness (QED) is 0.647. The third-order valence-corrected chi connectivity index (χ3v) is 3.81. The van der Waals surface area contributed by atoms with E-state index in [4.69, 9.17) is 10.5 Å². The summed E-state index contributed by atoms with van der Waals surface area (Å²) in [5.41, 5.74) is 9.88. The van der Waals surface area contributed by atoms with Gasteiger partial charge in [-0.3, -0.25) is 0 Å². The van der Waals surface area contributed by atoms with E-state index < -0.39 is 0 Å². The second-order valence-electron chi connectivity index (χ2n) is 5.04. The fraction of sp³-hybridized carbons (Fsp3) is 0.0526. The van der Waals surface area contributed by atoms with Gasteiger partial charge in [0.25, 0.3) is 0 Å². The molecule has 0 unspecified atom stereocenters. The smallest absolute Gasteiger partial charge is 0.127 e. The van der Waals surface area contributed by atoms with Gasteiger partial charge in [-0.05, 0) is 35.4 Å². The molecular weight excluding hydrogens is 338 g/mol. The van der Waals surface area contributed by atoms with Crippen molar-refractivity contribution in [2.24, 2.45) is 0 Å². The van der Waals surface area contributed by atoms with Crippen molar-refractivity contribution in [3.63, 3.8) is 0 Å². The van der Waals surface area contributed by atoms with Gasteiger partial charge >= 0.3 is 0 Å². The number of para-hydroxylation sites is 1. The zero-order valence-electron chi connectivity index (χ0n) is 12.0. The molecule has 2 N–H and O–H groups in total. The fourth-order valence-corrected chi connectivity index (χ4v) is 2.85. The monoisotopic (exact) mass is 353 g/mol. The van der Waals surface area contributed by atoms with Gasteiger partial charge in [0.15, 0.2) is 0 Å². The Balaban J connectivity index is 1.89. The number of halogens is 1. The molecule has 0 aliphatic rings. The van der Waals surface area contributed by atoms with Crippen molar-refractivity contribution in [2.75, 3.05) is 5.73 Å². The van der Waals surface area contributed by atoms with Gasteiger partial charge in [0.1, 0.15) is 12.4 Å². The Morgan fingerprint density at radius 2 is 1.59 bits per heavy atom. The maximum absolute atomic E-state index is 6.00. The number of nitrogens with two attached hydrogens (primary N) is 1. The molecule has 22 heavy (non-hydrogen) atoms. The lowest BCUT2D eigenvalue weighted by atomic mass is 10.0. The van der Waals surface area contributed by atoms with Crippen molar-refractivity contribution in [1.82, 2.24) is 0 Å². The molecule has 0 saturated heterocycles. The van der Waals surface area contributed by atoms with E-state index in [1.165, 1.54) is 0 Å². The minimum atomic E-state index is 0.543. The van der Waals surface area contributed by atoms with Crippen LogP contribution in [0.2, 0.25) is 0 Å². The number of benzene rings is 3. The maximum Gasteiger partial charge on any atom is 0.127 e. The van der Waals surface area contributed by atoms with Gasteiger partial charge in [0.05, 0.1) is 0 Å². The van der Waals surface area contributed by atoms with Gasteiger partial charge < -0.3 is 10.5 Å². The standard InChI is InChI=1S/C19H16BrNO/c20-16-10-15(11-17(21)12-16)18-8-4-5-9-19(18)22-13-14-6-2-1-3-7-14/h1-12H,13,21H2. The van der Waals surface area contributed by atoms with E-state index in [1.54, 1.807) is 0 Å². The van der Waals surface area contributed by atoms with E-state index in [0.29, 0.717) is 6.61 Å². The highest BCUT2D eigenvalue weighted by molar-refractivity contribution is 9.10. The molecule has 3 aromatic rings. The van der Waals surface area contributed by atoms with Crippen LogP contribution >= 0.6 is 15.9 Å². The number of hydrogen-bond donors (Lipinski definition) is 1. The molecule has 0 amide bonds. The van der Waals surface area contributed by atoms with Crippen LogP contribution in [0.4, 0.5) is 5.69 Å². The van der Waals surface area contributed by atoms with Crippen LogP contribution in [0.5, 0.6) is 5.75 Å². The predicted molar refractivity (Wildman–Crippen MR) is 94.8 cm³/mol. The van der Waals surface area contributed by atoms with Crippen LogP contribution in [-0.2, 0) is 6.61 Å². The number of nitrogen functional groups attached to an aromatic ring is 1. The van der Waals surface area contributed by atoms with E-state index >= 15 is 0 Å². The second-order valence-corrected chi connectivity index (χ2v) is 5.96. The van der Waals surface area contributed by atoms with Crippen LogP contribution in [0, 0.1) is 0 Å². The molecule has 2 nitrogen and oxygen atoms in total. The molecular formula is C19H16BrNO. The normalized spacial score (nSPS) is 10.4. The van der Waals surface area contributed by atoms with Gasteiger partial charge in [-0.2, -0.15) is 0 Å². The molecule has 0 aliphatic heterocycles. The third-order valence-electron chi connectivity index (χ3n) is 3.36. The first kappa shape index (κ1) is 14.7. The maximum atomic E-state index is 6.00. The highest BCUT2D eigenvalue weighted by Crippen LogP contribution is 2.33. The predicted octanol–water partition coefficient (Wildman–Crippen LogP) is 5.28. The third kappa shape index (κ3) is 3.49. The lowest BCUT2D eigenvalue weighted by molar-refractivity contribution is 0.307. The zero-order valence-corrected chi connectivity index (χ0v) is 13.6. The zero-order chi connectivity index (χ0) is 15.4. The van der Waals surface area contributed by atoms with Crippen LogP contribution < -0.4 is 10.5 Å². The van der Waals surface area contributed by atoms with Gasteiger partial charge in [-0.15, -0.1) is 0 Å². The van der Waals surface area contributed by atoms with E-state index in [2.05, 4.69) is 28.1 Å². The Morgan fingerprint density at radius 3 is 2.36 bits per heavy atom. The molecule has 3 heteroatoms. The molecule has 0 bridgehead atoms. The van der Waals surface area contributed by atoms with Crippen molar-refractivity contribution >= 4 is 21.6 Å². The van der Waals surface area contributed by atoms with E-state index in [1.807, 2.05) is 60.7 Å². The van der Waals surface area contributed by atoms with Gasteiger partial charge in [0.2, 0.25) is 0 Å². The summed E-state index contributed by atoms with van der Waals surface area (Å²) in [6.45, 7) is 0.543. The number of anilines is 1. The van der Waals surface area contributed by atoms with Crippen LogP contribution in [0.25, 0.3) is 11.1 Å². The number of hydrogen-bond acceptors (Lipinski definition) is 2. The van der Waals surface area contributed by atoms with Crippen molar-refractivity contribution in [1.29, 1.82) is 0 Å². The summed E-state index contributed by atoms with van der Waals surface area (Å²) in [4.78, 5) is 0. The molecule has 110 valence electrons. The van der Waals surface area contributed by atoms with E-state index in [9.17, 15) is 0 Å². The highest BCUT2D eigenvalue weighted by atomic mass is 79.9. The molecule has 0 spiro atoms. The molecule has 0 heterocycles. The summed E-state index contributed by atoms with van der Waals surface area (Å²) in [6.07, 6.45) is 0. The minimum absolute atomic E-state index is 0.543. The lowest BCUT2D eigenvalue weighted by Gasteiger charge is -2.12. The summed E-state index contributed by atoms with van der Waals surface area (Å²) in [6, 6.07) is 24.0. The summed E-state index contributed by atoms with van der Waals surface area (Å²) in [7, 11) is 0. The first-order chi connectivity index (χ1) is 10.7. The summed E-state index contributed by atoms with van der Waals surface area (Å²) in [5.74, 6) is 0.851. The van der Waals surface area contributed by atoms with Crippen LogP contribution in [0.15, 0.2) is 77.3 Å². The van der Waals surface area contributed by atoms with Gasteiger partial charge in [0, 0.05) is 15.7 Å². The first-order valence-corrected chi connectivity index (χ1v) is 7.84. The van der Waals surface area contributed by atoms with Crippen molar-refractivity contribution in [3.05, 3.63) is 82.8 Å². The summed E-state index contributed by atoms with van der Waals surface area (Å²) < 4.78 is 6.96. The number of rotatable bonds is 4. The largest absolute Gasteiger partial charge is 0.488 e. The molecule has 0 radical (unpaired) electrons. The average molecular weight is 354 g/mol. The Kier molecular flexibility index (Phi) is 4.45.